The number of rotatable bonds is 8. The van der Waals surface area contributed by atoms with Gasteiger partial charge in [-0.25, -0.2) is 0 Å². The summed E-state index contributed by atoms with van der Waals surface area (Å²) in [5.41, 5.74) is 5.31. The lowest BCUT2D eigenvalue weighted by Gasteiger charge is -2.21. The molecule has 0 aromatic heterocycles. The van der Waals surface area contributed by atoms with Crippen LogP contribution in [0.25, 0.3) is 0 Å². The van der Waals surface area contributed by atoms with Gasteiger partial charge in [0.1, 0.15) is 13.2 Å². The third kappa shape index (κ3) is 8.93. The SMILES string of the molecule is CCCN(CCCN)C(=O)COCC(F)(F)F. The number of amides is 1. The summed E-state index contributed by atoms with van der Waals surface area (Å²) in [6, 6.07) is 0. The van der Waals surface area contributed by atoms with Gasteiger partial charge in [0.25, 0.3) is 0 Å². The second-order valence-corrected chi connectivity index (χ2v) is 3.63. The van der Waals surface area contributed by atoms with Crippen LogP contribution in [0.2, 0.25) is 0 Å². The Hall–Kier alpha value is -0.820. The van der Waals surface area contributed by atoms with Crippen molar-refractivity contribution >= 4 is 5.91 Å². The minimum atomic E-state index is -4.40. The van der Waals surface area contributed by atoms with Crippen molar-refractivity contribution in [3.63, 3.8) is 0 Å². The maximum atomic E-state index is 11.8. The van der Waals surface area contributed by atoms with Crippen LogP contribution in [-0.2, 0) is 9.53 Å². The Morgan fingerprint density at radius 3 is 2.47 bits per heavy atom. The molecule has 102 valence electrons. The molecule has 0 spiro atoms. The number of alkyl halides is 3. The maximum absolute atomic E-state index is 11.8. The molecule has 0 rings (SSSR count). The highest BCUT2D eigenvalue weighted by Gasteiger charge is 2.28. The van der Waals surface area contributed by atoms with Crippen molar-refractivity contribution in [1.29, 1.82) is 0 Å². The molecule has 0 unspecified atom stereocenters. The monoisotopic (exact) mass is 256 g/mol. The van der Waals surface area contributed by atoms with Crippen LogP contribution in [0.5, 0.6) is 0 Å². The van der Waals surface area contributed by atoms with Crippen LogP contribution in [0.15, 0.2) is 0 Å². The van der Waals surface area contributed by atoms with Gasteiger partial charge in [-0.15, -0.1) is 0 Å². The van der Waals surface area contributed by atoms with Crippen LogP contribution in [0.1, 0.15) is 19.8 Å². The van der Waals surface area contributed by atoms with Gasteiger partial charge in [0.2, 0.25) is 5.91 Å². The predicted molar refractivity (Wildman–Crippen MR) is 57.4 cm³/mol. The number of ether oxygens (including phenoxy) is 1. The number of nitrogens with two attached hydrogens (primary N) is 1. The molecule has 0 saturated carbocycles. The molecule has 0 aromatic rings. The summed E-state index contributed by atoms with van der Waals surface area (Å²) < 4.78 is 39.7. The Morgan fingerprint density at radius 1 is 1.35 bits per heavy atom. The molecule has 0 aliphatic heterocycles. The molecule has 0 aliphatic rings. The first kappa shape index (κ1) is 16.2. The molecule has 0 bridgehead atoms. The molecule has 0 saturated heterocycles. The molecule has 0 atom stereocenters. The van der Waals surface area contributed by atoms with Gasteiger partial charge in [-0.1, -0.05) is 6.92 Å². The third-order valence-electron chi connectivity index (χ3n) is 1.97. The van der Waals surface area contributed by atoms with E-state index in [9.17, 15) is 18.0 Å². The molecular weight excluding hydrogens is 237 g/mol. The minimum absolute atomic E-state index is 0.426. The van der Waals surface area contributed by atoms with Crippen molar-refractivity contribution in [2.24, 2.45) is 5.73 Å². The van der Waals surface area contributed by atoms with Crippen LogP contribution in [-0.4, -0.2) is 49.8 Å². The summed E-state index contributed by atoms with van der Waals surface area (Å²) in [7, 11) is 0. The Balaban J connectivity index is 3.96. The van der Waals surface area contributed by atoms with Gasteiger partial charge in [-0.2, -0.15) is 13.2 Å². The molecule has 0 aliphatic carbocycles. The number of carbonyl (C=O) groups excluding carboxylic acids is 1. The highest BCUT2D eigenvalue weighted by molar-refractivity contribution is 5.77. The molecule has 2 N–H and O–H groups in total. The molecule has 1 amide bonds. The van der Waals surface area contributed by atoms with Crippen LogP contribution < -0.4 is 5.73 Å². The van der Waals surface area contributed by atoms with Crippen LogP contribution in [0.4, 0.5) is 13.2 Å². The first-order chi connectivity index (χ1) is 7.90. The lowest BCUT2D eigenvalue weighted by Crippen LogP contribution is -2.37. The molecule has 0 aromatic carbocycles. The van der Waals surface area contributed by atoms with Gasteiger partial charge in [0.05, 0.1) is 0 Å². The molecule has 0 radical (unpaired) electrons. The maximum Gasteiger partial charge on any atom is 0.411 e. The Bertz CT molecular complexity index is 222. The smallest absolute Gasteiger partial charge is 0.362 e. The average Bonchev–Trinajstić information content (AvgIpc) is 2.22. The fourth-order valence-corrected chi connectivity index (χ4v) is 1.26. The Morgan fingerprint density at radius 2 is 2.00 bits per heavy atom. The van der Waals surface area contributed by atoms with E-state index in [0.717, 1.165) is 6.42 Å². The van der Waals surface area contributed by atoms with E-state index in [1.54, 1.807) is 0 Å². The highest BCUT2D eigenvalue weighted by Crippen LogP contribution is 2.14. The topological polar surface area (TPSA) is 55.6 Å². The summed E-state index contributed by atoms with van der Waals surface area (Å²) in [5.74, 6) is -0.426. The van der Waals surface area contributed by atoms with Gasteiger partial charge in [-0.05, 0) is 19.4 Å². The molecule has 0 heterocycles. The summed E-state index contributed by atoms with van der Waals surface area (Å²) in [4.78, 5) is 13.0. The lowest BCUT2D eigenvalue weighted by molar-refractivity contribution is -0.177. The average molecular weight is 256 g/mol. The van der Waals surface area contributed by atoms with Gasteiger partial charge in [0, 0.05) is 13.1 Å². The van der Waals surface area contributed by atoms with Crippen molar-refractivity contribution in [2.45, 2.75) is 25.9 Å². The first-order valence-electron chi connectivity index (χ1n) is 5.53. The molecule has 4 nitrogen and oxygen atoms in total. The fourth-order valence-electron chi connectivity index (χ4n) is 1.26. The summed E-state index contributed by atoms with van der Waals surface area (Å²) in [5, 5.41) is 0. The van der Waals surface area contributed by atoms with Crippen molar-refractivity contribution in [3.05, 3.63) is 0 Å². The normalized spacial score (nSPS) is 11.6. The second-order valence-electron chi connectivity index (χ2n) is 3.63. The third-order valence-corrected chi connectivity index (χ3v) is 1.97. The van der Waals surface area contributed by atoms with Gasteiger partial charge in [0.15, 0.2) is 0 Å². The molecular formula is C10H19F3N2O2. The number of carbonyl (C=O) groups is 1. The predicted octanol–water partition coefficient (Wildman–Crippen LogP) is 1.15. The van der Waals surface area contributed by atoms with E-state index in [4.69, 9.17) is 5.73 Å². The second kappa shape index (κ2) is 8.30. The van der Waals surface area contributed by atoms with E-state index in [2.05, 4.69) is 4.74 Å². The first-order valence-corrected chi connectivity index (χ1v) is 5.53. The number of halogens is 3. The van der Waals surface area contributed by atoms with Crippen LogP contribution in [0.3, 0.4) is 0 Å². The zero-order chi connectivity index (χ0) is 13.3. The number of hydrogen-bond donors (Lipinski definition) is 1. The summed E-state index contributed by atoms with van der Waals surface area (Å²) in [6.45, 7) is 1.36. The zero-order valence-electron chi connectivity index (χ0n) is 9.92. The van der Waals surface area contributed by atoms with Gasteiger partial charge < -0.3 is 15.4 Å². The standard InChI is InChI=1S/C10H19F3N2O2/c1-2-5-15(6-3-4-14)9(16)7-17-8-10(11,12)13/h2-8,14H2,1H3. The quantitative estimate of drug-likeness (QED) is 0.709. The van der Waals surface area contributed by atoms with E-state index in [1.807, 2.05) is 6.92 Å². The number of hydrogen-bond acceptors (Lipinski definition) is 3. The van der Waals surface area contributed by atoms with Crippen molar-refractivity contribution in [1.82, 2.24) is 4.90 Å². The Labute approximate surface area is 98.9 Å². The number of nitrogens with zero attached hydrogens (tertiary/aromatic N) is 1. The van der Waals surface area contributed by atoms with Crippen LogP contribution in [0, 0.1) is 0 Å². The van der Waals surface area contributed by atoms with Gasteiger partial charge >= 0.3 is 6.18 Å². The zero-order valence-corrected chi connectivity index (χ0v) is 9.92. The molecule has 17 heavy (non-hydrogen) atoms. The minimum Gasteiger partial charge on any atom is -0.362 e. The van der Waals surface area contributed by atoms with Crippen molar-refractivity contribution < 1.29 is 22.7 Å². The van der Waals surface area contributed by atoms with E-state index >= 15 is 0 Å². The van der Waals surface area contributed by atoms with Gasteiger partial charge in [-0.3, -0.25) is 4.79 Å². The van der Waals surface area contributed by atoms with Crippen LogP contribution >= 0.6 is 0 Å². The van der Waals surface area contributed by atoms with E-state index in [1.165, 1.54) is 4.90 Å². The molecule has 0 fully saturated rings. The van der Waals surface area contributed by atoms with E-state index in [0.29, 0.717) is 26.1 Å². The summed E-state index contributed by atoms with van der Waals surface area (Å²) in [6.07, 6.45) is -3.02. The lowest BCUT2D eigenvalue weighted by atomic mass is 10.3. The largest absolute Gasteiger partial charge is 0.411 e. The highest BCUT2D eigenvalue weighted by atomic mass is 19.4. The van der Waals surface area contributed by atoms with Crippen molar-refractivity contribution in [2.75, 3.05) is 32.8 Å². The van der Waals surface area contributed by atoms with E-state index in [-0.39, 0.29) is 0 Å². The Kier molecular flexibility index (Phi) is 7.90. The van der Waals surface area contributed by atoms with E-state index < -0.39 is 25.3 Å². The molecule has 7 heteroatoms. The summed E-state index contributed by atoms with van der Waals surface area (Å²) >= 11 is 0. The fraction of sp³-hybridized carbons (Fsp3) is 0.900. The van der Waals surface area contributed by atoms with Crippen molar-refractivity contribution in [3.8, 4) is 0 Å².